The van der Waals surface area contributed by atoms with Gasteiger partial charge < -0.3 is 14.8 Å². The average Bonchev–Trinajstić information content (AvgIpc) is 3.12. The molecule has 0 saturated carbocycles. The van der Waals surface area contributed by atoms with Crippen molar-refractivity contribution in [2.45, 2.75) is 6.92 Å². The quantitative estimate of drug-likeness (QED) is 0.254. The second-order valence-electron chi connectivity index (χ2n) is 7.32. The van der Waals surface area contributed by atoms with Crippen molar-refractivity contribution in [2.24, 2.45) is 0 Å². The summed E-state index contributed by atoms with van der Waals surface area (Å²) in [6.45, 7) is 2.04. The zero-order valence-electron chi connectivity index (χ0n) is 18.7. The molecular formula is C26H21IN2O5S. The highest BCUT2D eigenvalue weighted by Gasteiger charge is 2.36. The fourth-order valence-corrected chi connectivity index (χ4v) is 4.97. The number of rotatable bonds is 8. The van der Waals surface area contributed by atoms with E-state index in [-0.39, 0.29) is 23.7 Å². The Kier molecular flexibility index (Phi) is 8.09. The number of hydrogen-bond acceptors (Lipinski definition) is 6. The van der Waals surface area contributed by atoms with Crippen molar-refractivity contribution in [3.63, 3.8) is 0 Å². The molecule has 0 atom stereocenters. The molecule has 1 aliphatic heterocycles. The summed E-state index contributed by atoms with van der Waals surface area (Å²) in [7, 11) is 0. The van der Waals surface area contributed by atoms with Crippen molar-refractivity contribution >= 4 is 68.9 Å². The molecule has 3 aromatic rings. The molecule has 3 aromatic carbocycles. The molecule has 0 aromatic heterocycles. The summed E-state index contributed by atoms with van der Waals surface area (Å²) in [5.41, 5.74) is 1.89. The molecule has 4 rings (SSSR count). The summed E-state index contributed by atoms with van der Waals surface area (Å²) < 4.78 is 12.2. The second-order valence-corrected chi connectivity index (χ2v) is 9.47. The van der Waals surface area contributed by atoms with Crippen LogP contribution in [0.15, 0.2) is 77.7 Å². The minimum absolute atomic E-state index is 0.194. The van der Waals surface area contributed by atoms with E-state index in [4.69, 9.17) is 9.47 Å². The third-order valence-electron chi connectivity index (χ3n) is 4.84. The number of imide groups is 1. The fourth-order valence-electron chi connectivity index (χ4n) is 3.35. The van der Waals surface area contributed by atoms with Crippen LogP contribution in [-0.2, 0) is 9.59 Å². The van der Waals surface area contributed by atoms with Crippen molar-refractivity contribution in [3.8, 4) is 11.5 Å². The molecule has 1 fully saturated rings. The number of nitrogens with one attached hydrogen (secondary N) is 1. The summed E-state index contributed by atoms with van der Waals surface area (Å²) in [6, 6.07) is 21.5. The zero-order chi connectivity index (χ0) is 24.8. The van der Waals surface area contributed by atoms with Gasteiger partial charge in [-0.25, -0.2) is 4.90 Å². The van der Waals surface area contributed by atoms with Gasteiger partial charge in [-0.15, -0.1) is 0 Å². The van der Waals surface area contributed by atoms with Gasteiger partial charge in [-0.3, -0.25) is 14.4 Å². The summed E-state index contributed by atoms with van der Waals surface area (Å²) in [4.78, 5) is 39.2. The highest BCUT2D eigenvalue weighted by Crippen LogP contribution is 2.38. The Bertz CT molecular complexity index is 1280. The first-order chi connectivity index (χ1) is 17.0. The Hall–Kier alpha value is -3.31. The highest BCUT2D eigenvalue weighted by molar-refractivity contribution is 14.1. The van der Waals surface area contributed by atoms with Gasteiger partial charge in [0, 0.05) is 5.69 Å². The number of halogens is 1. The monoisotopic (exact) mass is 600 g/mol. The average molecular weight is 600 g/mol. The van der Waals surface area contributed by atoms with E-state index in [2.05, 4.69) is 27.9 Å². The van der Waals surface area contributed by atoms with Gasteiger partial charge >= 0.3 is 0 Å². The Morgan fingerprint density at radius 1 is 1.03 bits per heavy atom. The fraction of sp³-hybridized carbons (Fsp3) is 0.115. The van der Waals surface area contributed by atoms with Crippen LogP contribution in [0.2, 0.25) is 0 Å². The minimum atomic E-state index is -0.378. The number of carbonyl (C=O) groups excluding carboxylic acids is 3. The van der Waals surface area contributed by atoms with Gasteiger partial charge in [0.15, 0.2) is 18.1 Å². The number of benzene rings is 3. The molecule has 35 heavy (non-hydrogen) atoms. The van der Waals surface area contributed by atoms with E-state index in [1.807, 2.05) is 37.3 Å². The largest absolute Gasteiger partial charge is 0.490 e. The van der Waals surface area contributed by atoms with Crippen LogP contribution in [-0.4, -0.2) is 30.3 Å². The molecule has 0 spiro atoms. The van der Waals surface area contributed by atoms with E-state index in [1.165, 1.54) is 0 Å². The first-order valence-electron chi connectivity index (χ1n) is 10.7. The van der Waals surface area contributed by atoms with E-state index in [1.54, 1.807) is 48.5 Å². The molecular weight excluding hydrogens is 579 g/mol. The highest BCUT2D eigenvalue weighted by atomic mass is 127. The molecule has 1 aliphatic rings. The standard InChI is InChI=1S/C26H21IN2O5S/c1-2-33-21-14-17(15-22-25(31)29(26(32)35-22)19-11-7-4-8-12-19)13-20(27)24(21)34-16-23(30)28-18-9-5-3-6-10-18/h3-15H,2,16H2,1H3,(H,28,30)/b22-15+. The Labute approximate surface area is 220 Å². The SMILES string of the molecule is CCOc1cc(/C=C2/SC(=O)N(c3ccccc3)C2=O)cc(I)c1OCC(=O)Nc1ccccc1. The number of anilines is 2. The maximum Gasteiger partial charge on any atom is 0.298 e. The van der Waals surface area contributed by atoms with Gasteiger partial charge in [-0.2, -0.15) is 0 Å². The molecule has 0 bridgehead atoms. The molecule has 1 heterocycles. The van der Waals surface area contributed by atoms with E-state index in [0.717, 1.165) is 16.7 Å². The van der Waals surface area contributed by atoms with Crippen LogP contribution in [0, 0.1) is 3.57 Å². The van der Waals surface area contributed by atoms with E-state index in [0.29, 0.717) is 43.5 Å². The number of carbonyl (C=O) groups is 3. The normalized spacial score (nSPS) is 14.3. The first kappa shape index (κ1) is 24.8. The van der Waals surface area contributed by atoms with Gasteiger partial charge in [0.2, 0.25) is 0 Å². The predicted molar refractivity (Wildman–Crippen MR) is 146 cm³/mol. The molecule has 0 unspecified atom stereocenters. The first-order valence-corrected chi connectivity index (χ1v) is 12.6. The van der Waals surface area contributed by atoms with Crippen LogP contribution in [0.5, 0.6) is 11.5 Å². The topological polar surface area (TPSA) is 84.9 Å². The number of ether oxygens (including phenoxy) is 2. The smallest absolute Gasteiger partial charge is 0.298 e. The molecule has 0 aliphatic carbocycles. The van der Waals surface area contributed by atoms with Crippen LogP contribution in [0.1, 0.15) is 12.5 Å². The van der Waals surface area contributed by atoms with Crippen LogP contribution < -0.4 is 19.7 Å². The summed E-state index contributed by atoms with van der Waals surface area (Å²) in [5.74, 6) is 0.204. The van der Waals surface area contributed by atoms with E-state index in [9.17, 15) is 14.4 Å². The number of thioether (sulfide) groups is 1. The van der Waals surface area contributed by atoms with Crippen molar-refractivity contribution in [3.05, 3.63) is 86.8 Å². The molecule has 9 heteroatoms. The van der Waals surface area contributed by atoms with Crippen molar-refractivity contribution in [2.75, 3.05) is 23.4 Å². The number of nitrogens with zero attached hydrogens (tertiary/aromatic N) is 1. The van der Waals surface area contributed by atoms with Crippen LogP contribution in [0.25, 0.3) is 6.08 Å². The third-order valence-corrected chi connectivity index (χ3v) is 6.51. The van der Waals surface area contributed by atoms with Gasteiger partial charge in [0.25, 0.3) is 17.1 Å². The number of hydrogen-bond donors (Lipinski definition) is 1. The zero-order valence-corrected chi connectivity index (χ0v) is 21.7. The Balaban J connectivity index is 1.53. The lowest BCUT2D eigenvalue weighted by atomic mass is 10.1. The minimum Gasteiger partial charge on any atom is -0.490 e. The maximum absolute atomic E-state index is 12.9. The maximum atomic E-state index is 12.9. The summed E-state index contributed by atoms with van der Waals surface area (Å²) in [6.07, 6.45) is 1.66. The number of amides is 3. The lowest BCUT2D eigenvalue weighted by molar-refractivity contribution is -0.118. The van der Waals surface area contributed by atoms with Crippen molar-refractivity contribution in [1.29, 1.82) is 0 Å². The lowest BCUT2D eigenvalue weighted by Crippen LogP contribution is -2.27. The Morgan fingerprint density at radius 3 is 2.40 bits per heavy atom. The van der Waals surface area contributed by atoms with Crippen LogP contribution in [0.3, 0.4) is 0 Å². The molecule has 0 radical (unpaired) electrons. The molecule has 3 amide bonds. The van der Waals surface area contributed by atoms with E-state index < -0.39 is 0 Å². The predicted octanol–water partition coefficient (Wildman–Crippen LogP) is 5.95. The Morgan fingerprint density at radius 2 is 1.71 bits per heavy atom. The molecule has 178 valence electrons. The molecule has 1 N–H and O–H groups in total. The summed E-state index contributed by atoms with van der Waals surface area (Å²) in [5, 5.41) is 2.43. The van der Waals surface area contributed by atoms with Gasteiger partial charge in [0.1, 0.15) is 0 Å². The van der Waals surface area contributed by atoms with Crippen molar-refractivity contribution in [1.82, 2.24) is 0 Å². The molecule has 1 saturated heterocycles. The van der Waals surface area contributed by atoms with Gasteiger partial charge in [-0.1, -0.05) is 36.4 Å². The lowest BCUT2D eigenvalue weighted by Gasteiger charge is -2.15. The summed E-state index contributed by atoms with van der Waals surface area (Å²) >= 11 is 2.98. The van der Waals surface area contributed by atoms with Crippen LogP contribution in [0.4, 0.5) is 16.2 Å². The molecule has 7 nitrogen and oxygen atoms in total. The van der Waals surface area contributed by atoms with Crippen molar-refractivity contribution < 1.29 is 23.9 Å². The third kappa shape index (κ3) is 6.04. The second kappa shape index (κ2) is 11.4. The number of para-hydroxylation sites is 2. The van der Waals surface area contributed by atoms with Crippen LogP contribution >= 0.6 is 34.4 Å². The van der Waals surface area contributed by atoms with Gasteiger partial charge in [0.05, 0.1) is 20.8 Å². The van der Waals surface area contributed by atoms with E-state index >= 15 is 0 Å². The van der Waals surface area contributed by atoms with Gasteiger partial charge in [-0.05, 0) is 89.3 Å².